The summed E-state index contributed by atoms with van der Waals surface area (Å²) < 4.78 is 25.5. The highest BCUT2D eigenvalue weighted by Crippen LogP contribution is 2.28. The summed E-state index contributed by atoms with van der Waals surface area (Å²) in [5, 5.41) is 4.95. The molecule has 2 aromatic rings. The van der Waals surface area contributed by atoms with E-state index in [4.69, 9.17) is 0 Å². The van der Waals surface area contributed by atoms with Crippen LogP contribution >= 0.6 is 11.3 Å². The first-order chi connectivity index (χ1) is 10.1. The van der Waals surface area contributed by atoms with Gasteiger partial charge in [0.25, 0.3) is 0 Å². The Morgan fingerprint density at radius 3 is 2.76 bits per heavy atom. The normalized spacial score (nSPS) is 11.7. The number of nitrogens with one attached hydrogen (secondary N) is 1. The summed E-state index contributed by atoms with van der Waals surface area (Å²) in [6.07, 6.45) is 2.63. The van der Waals surface area contributed by atoms with Gasteiger partial charge in [0.05, 0.1) is 9.79 Å². The SMILES string of the molecule is CCc1sccc1S(=O)(=O)c1cccc(CCCNC)c1. The Balaban J connectivity index is 2.30. The second kappa shape index (κ2) is 7.20. The zero-order valence-electron chi connectivity index (χ0n) is 12.4. The first kappa shape index (κ1) is 16.2. The van der Waals surface area contributed by atoms with E-state index in [9.17, 15) is 8.42 Å². The highest BCUT2D eigenvalue weighted by Gasteiger charge is 2.21. The molecule has 0 radical (unpaired) electrons. The quantitative estimate of drug-likeness (QED) is 0.795. The maximum atomic E-state index is 12.8. The van der Waals surface area contributed by atoms with Crippen molar-refractivity contribution < 1.29 is 8.42 Å². The van der Waals surface area contributed by atoms with Crippen molar-refractivity contribution in [2.45, 2.75) is 36.0 Å². The van der Waals surface area contributed by atoms with Crippen molar-refractivity contribution in [1.29, 1.82) is 0 Å². The third-order valence-corrected chi connectivity index (χ3v) is 6.45. The van der Waals surface area contributed by atoms with Gasteiger partial charge in [-0.25, -0.2) is 8.42 Å². The van der Waals surface area contributed by atoms with Gasteiger partial charge in [0, 0.05) is 4.88 Å². The lowest BCUT2D eigenvalue weighted by Crippen LogP contribution is -2.08. The van der Waals surface area contributed by atoms with E-state index in [1.807, 2.05) is 37.6 Å². The van der Waals surface area contributed by atoms with Crippen LogP contribution in [0.25, 0.3) is 0 Å². The van der Waals surface area contributed by atoms with Crippen LogP contribution in [0.5, 0.6) is 0 Å². The van der Waals surface area contributed by atoms with Crippen LogP contribution in [0, 0.1) is 0 Å². The summed E-state index contributed by atoms with van der Waals surface area (Å²) in [6, 6.07) is 9.03. The highest BCUT2D eigenvalue weighted by molar-refractivity contribution is 7.91. The van der Waals surface area contributed by atoms with Crippen LogP contribution in [0.15, 0.2) is 45.5 Å². The van der Waals surface area contributed by atoms with Gasteiger partial charge >= 0.3 is 0 Å². The third-order valence-electron chi connectivity index (χ3n) is 3.42. The van der Waals surface area contributed by atoms with E-state index >= 15 is 0 Å². The van der Waals surface area contributed by atoms with Gasteiger partial charge in [0.1, 0.15) is 0 Å². The Morgan fingerprint density at radius 2 is 2.05 bits per heavy atom. The Hall–Kier alpha value is -1.17. The molecule has 0 saturated carbocycles. The van der Waals surface area contributed by atoms with Crippen LogP contribution in [0.3, 0.4) is 0 Å². The third kappa shape index (κ3) is 3.73. The molecule has 0 atom stereocenters. The molecule has 1 aromatic carbocycles. The van der Waals surface area contributed by atoms with Crippen LogP contribution in [0.1, 0.15) is 23.8 Å². The average Bonchev–Trinajstić information content (AvgIpc) is 2.97. The minimum atomic E-state index is -3.40. The molecule has 0 unspecified atom stereocenters. The zero-order chi connectivity index (χ0) is 15.3. The molecule has 0 fully saturated rings. The van der Waals surface area contributed by atoms with E-state index in [2.05, 4.69) is 5.32 Å². The first-order valence-corrected chi connectivity index (χ1v) is 9.51. The van der Waals surface area contributed by atoms with Gasteiger partial charge in [0.15, 0.2) is 0 Å². The van der Waals surface area contributed by atoms with Crippen molar-refractivity contribution >= 4 is 21.2 Å². The summed E-state index contributed by atoms with van der Waals surface area (Å²) in [5.41, 5.74) is 1.07. The maximum Gasteiger partial charge on any atom is 0.207 e. The van der Waals surface area contributed by atoms with Crippen molar-refractivity contribution in [3.63, 3.8) is 0 Å². The van der Waals surface area contributed by atoms with E-state index in [0.29, 0.717) is 9.79 Å². The number of hydrogen-bond acceptors (Lipinski definition) is 4. The van der Waals surface area contributed by atoms with Gasteiger partial charge in [-0.2, -0.15) is 0 Å². The van der Waals surface area contributed by atoms with Crippen molar-refractivity contribution in [2.75, 3.05) is 13.6 Å². The highest BCUT2D eigenvalue weighted by atomic mass is 32.2. The van der Waals surface area contributed by atoms with Gasteiger partial charge in [-0.05, 0) is 62.0 Å². The fourth-order valence-corrected chi connectivity index (χ4v) is 5.08. The first-order valence-electron chi connectivity index (χ1n) is 7.14. The lowest BCUT2D eigenvalue weighted by molar-refractivity contribution is 0.595. The van der Waals surface area contributed by atoms with Gasteiger partial charge < -0.3 is 5.32 Å². The van der Waals surface area contributed by atoms with E-state index < -0.39 is 9.84 Å². The number of hydrogen-bond donors (Lipinski definition) is 1. The number of sulfone groups is 1. The Morgan fingerprint density at radius 1 is 1.24 bits per heavy atom. The van der Waals surface area contributed by atoms with Crippen LogP contribution < -0.4 is 5.32 Å². The Labute approximate surface area is 130 Å². The lowest BCUT2D eigenvalue weighted by Gasteiger charge is -2.07. The molecule has 0 saturated heterocycles. The number of thiophene rings is 1. The molecule has 1 heterocycles. The van der Waals surface area contributed by atoms with Crippen LogP contribution in [0.4, 0.5) is 0 Å². The summed E-state index contributed by atoms with van der Waals surface area (Å²) in [7, 11) is -1.48. The molecule has 0 aliphatic rings. The largest absolute Gasteiger partial charge is 0.320 e. The number of rotatable bonds is 7. The van der Waals surface area contributed by atoms with E-state index in [-0.39, 0.29) is 0 Å². The van der Waals surface area contributed by atoms with Crippen molar-refractivity contribution in [3.05, 3.63) is 46.2 Å². The van der Waals surface area contributed by atoms with Crippen molar-refractivity contribution in [3.8, 4) is 0 Å². The monoisotopic (exact) mass is 323 g/mol. The van der Waals surface area contributed by atoms with E-state index in [1.165, 1.54) is 11.3 Å². The molecule has 0 aliphatic heterocycles. The molecule has 1 aromatic heterocycles. The Bertz CT molecular complexity index is 690. The summed E-state index contributed by atoms with van der Waals surface area (Å²) in [6.45, 7) is 2.92. The minimum absolute atomic E-state index is 0.401. The molecular formula is C16H21NO2S2. The van der Waals surface area contributed by atoms with Crippen LogP contribution in [-0.2, 0) is 22.7 Å². The second-order valence-corrected chi connectivity index (χ2v) is 7.84. The van der Waals surface area contributed by atoms with E-state index in [1.54, 1.807) is 12.1 Å². The van der Waals surface area contributed by atoms with Crippen LogP contribution in [0.2, 0.25) is 0 Å². The predicted octanol–water partition coefficient (Wildman–Crippen LogP) is 3.30. The molecular weight excluding hydrogens is 302 g/mol. The molecule has 0 spiro atoms. The average molecular weight is 323 g/mol. The molecule has 114 valence electrons. The summed E-state index contributed by atoms with van der Waals surface area (Å²) in [4.78, 5) is 1.79. The summed E-state index contributed by atoms with van der Waals surface area (Å²) >= 11 is 1.50. The number of aryl methyl sites for hydroxylation is 2. The predicted molar refractivity (Wildman–Crippen MR) is 87.8 cm³/mol. The zero-order valence-corrected chi connectivity index (χ0v) is 14.1. The molecule has 5 heteroatoms. The van der Waals surface area contributed by atoms with Crippen molar-refractivity contribution in [2.24, 2.45) is 0 Å². The Kier molecular flexibility index (Phi) is 5.56. The standard InChI is InChI=1S/C16H21NO2S2/c1-3-15-16(9-11-20-15)21(18,19)14-8-4-6-13(12-14)7-5-10-17-2/h4,6,8-9,11-12,17H,3,5,7,10H2,1-2H3. The molecule has 3 nitrogen and oxygen atoms in total. The van der Waals surface area contributed by atoms with Crippen LogP contribution in [-0.4, -0.2) is 22.0 Å². The van der Waals surface area contributed by atoms with Gasteiger partial charge in [-0.15, -0.1) is 11.3 Å². The number of benzene rings is 1. The van der Waals surface area contributed by atoms with Gasteiger partial charge in [0.2, 0.25) is 9.84 Å². The lowest BCUT2D eigenvalue weighted by atomic mass is 10.1. The molecule has 2 rings (SSSR count). The van der Waals surface area contributed by atoms with E-state index in [0.717, 1.165) is 36.2 Å². The molecule has 21 heavy (non-hydrogen) atoms. The van der Waals surface area contributed by atoms with Gasteiger partial charge in [-0.3, -0.25) is 0 Å². The molecule has 0 bridgehead atoms. The topological polar surface area (TPSA) is 46.2 Å². The summed E-state index contributed by atoms with van der Waals surface area (Å²) in [5.74, 6) is 0. The minimum Gasteiger partial charge on any atom is -0.320 e. The molecule has 0 amide bonds. The fraction of sp³-hybridized carbons (Fsp3) is 0.375. The molecule has 1 N–H and O–H groups in total. The second-order valence-electron chi connectivity index (χ2n) is 4.92. The van der Waals surface area contributed by atoms with Crippen molar-refractivity contribution in [1.82, 2.24) is 5.32 Å². The maximum absolute atomic E-state index is 12.8. The molecule has 0 aliphatic carbocycles. The van der Waals surface area contributed by atoms with Gasteiger partial charge in [-0.1, -0.05) is 19.1 Å². The smallest absolute Gasteiger partial charge is 0.207 e. The fourth-order valence-electron chi connectivity index (χ4n) is 2.29.